The second-order valence-corrected chi connectivity index (χ2v) is 6.63. The van der Waals surface area contributed by atoms with Crippen molar-refractivity contribution in [3.8, 4) is 0 Å². The lowest BCUT2D eigenvalue weighted by Crippen LogP contribution is -2.29. The smallest absolute Gasteiger partial charge is 0.0963 e. The molecule has 2 nitrogen and oxygen atoms in total. The number of hydrogen-bond donors (Lipinski definition) is 1. The van der Waals surface area contributed by atoms with Crippen molar-refractivity contribution in [3.05, 3.63) is 34.3 Å². The van der Waals surface area contributed by atoms with E-state index in [1.165, 1.54) is 18.4 Å². The van der Waals surface area contributed by atoms with Crippen molar-refractivity contribution >= 4 is 15.9 Å². The van der Waals surface area contributed by atoms with E-state index in [9.17, 15) is 0 Å². The second kappa shape index (κ2) is 6.87. The van der Waals surface area contributed by atoms with Crippen LogP contribution in [0.3, 0.4) is 0 Å². The minimum Gasteiger partial charge on any atom is -0.369 e. The fourth-order valence-corrected chi connectivity index (χ4v) is 2.49. The minimum absolute atomic E-state index is 0.119. The molecule has 0 spiro atoms. The van der Waals surface area contributed by atoms with Gasteiger partial charge in [-0.25, -0.2) is 0 Å². The zero-order valence-corrected chi connectivity index (χ0v) is 13.6. The van der Waals surface area contributed by atoms with Gasteiger partial charge in [0.25, 0.3) is 0 Å². The van der Waals surface area contributed by atoms with Crippen molar-refractivity contribution in [2.24, 2.45) is 5.92 Å². The molecular weight excluding hydrogens is 302 g/mol. The van der Waals surface area contributed by atoms with E-state index in [4.69, 9.17) is 4.74 Å². The Morgan fingerprint density at radius 1 is 1.26 bits per heavy atom. The van der Waals surface area contributed by atoms with Crippen molar-refractivity contribution in [2.45, 2.75) is 51.9 Å². The fraction of sp³-hybridized carbons (Fsp3) is 0.625. The van der Waals surface area contributed by atoms with Gasteiger partial charge in [-0.3, -0.25) is 0 Å². The van der Waals surface area contributed by atoms with E-state index in [2.05, 4.69) is 60.2 Å². The van der Waals surface area contributed by atoms with E-state index >= 15 is 0 Å². The third-order valence-electron chi connectivity index (χ3n) is 3.74. The van der Waals surface area contributed by atoms with E-state index < -0.39 is 0 Å². The molecule has 0 amide bonds. The van der Waals surface area contributed by atoms with Gasteiger partial charge >= 0.3 is 0 Å². The third kappa shape index (κ3) is 4.59. The first-order valence-electron chi connectivity index (χ1n) is 7.21. The highest BCUT2D eigenvalue weighted by molar-refractivity contribution is 9.10. The number of hydrogen-bond acceptors (Lipinski definition) is 2. The van der Waals surface area contributed by atoms with Gasteiger partial charge in [0.1, 0.15) is 0 Å². The first-order chi connectivity index (χ1) is 9.08. The highest BCUT2D eigenvalue weighted by Gasteiger charge is 2.25. The quantitative estimate of drug-likeness (QED) is 0.806. The molecule has 2 unspecified atom stereocenters. The first kappa shape index (κ1) is 15.0. The second-order valence-electron chi connectivity index (χ2n) is 5.78. The number of nitrogens with one attached hydrogen (secondary N) is 1. The van der Waals surface area contributed by atoms with Gasteiger partial charge in [0.15, 0.2) is 0 Å². The van der Waals surface area contributed by atoms with Crippen LogP contribution in [0, 0.1) is 5.92 Å². The molecule has 1 aromatic carbocycles. The van der Waals surface area contributed by atoms with Crippen LogP contribution in [0.2, 0.25) is 0 Å². The van der Waals surface area contributed by atoms with Crippen LogP contribution in [-0.2, 0) is 4.74 Å². The van der Waals surface area contributed by atoms with Gasteiger partial charge in [0, 0.05) is 17.1 Å². The van der Waals surface area contributed by atoms with E-state index in [0.29, 0.717) is 12.0 Å². The lowest BCUT2D eigenvalue weighted by Gasteiger charge is -2.26. The van der Waals surface area contributed by atoms with E-state index in [1.807, 2.05) is 6.07 Å². The standard InChI is InChI=1S/C16H24BrNO/c1-11(2)12(3)19-16(10-18-13-8-9-13)14-6-4-5-7-15(14)17/h4-7,11-13,16,18H,8-10H2,1-3H3. The van der Waals surface area contributed by atoms with Gasteiger partial charge < -0.3 is 10.1 Å². The summed E-state index contributed by atoms with van der Waals surface area (Å²) in [5, 5.41) is 3.58. The fourth-order valence-electron chi connectivity index (χ4n) is 1.94. The molecule has 2 rings (SSSR count). The summed E-state index contributed by atoms with van der Waals surface area (Å²) in [6, 6.07) is 9.07. The topological polar surface area (TPSA) is 21.3 Å². The van der Waals surface area contributed by atoms with E-state index in [-0.39, 0.29) is 12.2 Å². The molecule has 0 aromatic heterocycles. The van der Waals surface area contributed by atoms with Crippen LogP contribution < -0.4 is 5.32 Å². The molecule has 3 heteroatoms. The zero-order valence-electron chi connectivity index (χ0n) is 12.0. The lowest BCUT2D eigenvalue weighted by atomic mass is 10.1. The summed E-state index contributed by atoms with van der Waals surface area (Å²) in [6.07, 6.45) is 3.00. The zero-order chi connectivity index (χ0) is 13.8. The Labute approximate surface area is 125 Å². The molecule has 1 saturated carbocycles. The number of ether oxygens (including phenoxy) is 1. The maximum absolute atomic E-state index is 6.26. The van der Waals surface area contributed by atoms with Crippen LogP contribution in [0.5, 0.6) is 0 Å². The van der Waals surface area contributed by atoms with Crippen LogP contribution >= 0.6 is 15.9 Å². The molecule has 0 radical (unpaired) electrons. The summed E-state index contributed by atoms with van der Waals surface area (Å²) in [6.45, 7) is 7.46. The SMILES string of the molecule is CC(C)C(C)OC(CNC1CC1)c1ccccc1Br. The first-order valence-corrected chi connectivity index (χ1v) is 8.00. The summed E-state index contributed by atoms with van der Waals surface area (Å²) >= 11 is 3.64. The summed E-state index contributed by atoms with van der Waals surface area (Å²) in [5.74, 6) is 0.533. The van der Waals surface area contributed by atoms with Crippen molar-refractivity contribution in [2.75, 3.05) is 6.54 Å². The highest BCUT2D eigenvalue weighted by Crippen LogP contribution is 2.29. The van der Waals surface area contributed by atoms with Crippen LogP contribution in [0.4, 0.5) is 0 Å². The predicted molar refractivity (Wildman–Crippen MR) is 83.3 cm³/mol. The Morgan fingerprint density at radius 3 is 2.53 bits per heavy atom. The molecule has 0 aliphatic heterocycles. The molecule has 0 heterocycles. The molecule has 2 atom stereocenters. The molecular formula is C16H24BrNO. The Kier molecular flexibility index (Phi) is 5.43. The number of halogens is 1. The van der Waals surface area contributed by atoms with Crippen LogP contribution in [0.25, 0.3) is 0 Å². The Bertz CT molecular complexity index is 403. The molecule has 106 valence electrons. The summed E-state index contributed by atoms with van der Waals surface area (Å²) in [5.41, 5.74) is 1.24. The molecule has 0 bridgehead atoms. The maximum atomic E-state index is 6.26. The highest BCUT2D eigenvalue weighted by atomic mass is 79.9. The summed E-state index contributed by atoms with van der Waals surface area (Å²) < 4.78 is 7.40. The molecule has 1 aliphatic rings. The van der Waals surface area contributed by atoms with Crippen LogP contribution in [-0.4, -0.2) is 18.7 Å². The molecule has 1 N–H and O–H groups in total. The third-order valence-corrected chi connectivity index (χ3v) is 4.46. The summed E-state index contributed by atoms with van der Waals surface area (Å²) in [4.78, 5) is 0. The molecule has 1 aromatic rings. The monoisotopic (exact) mass is 325 g/mol. The Balaban J connectivity index is 2.05. The lowest BCUT2D eigenvalue weighted by molar-refractivity contribution is -0.0264. The largest absolute Gasteiger partial charge is 0.369 e. The maximum Gasteiger partial charge on any atom is 0.0963 e. The predicted octanol–water partition coefficient (Wildman–Crippen LogP) is 4.30. The number of rotatable bonds is 7. The molecule has 19 heavy (non-hydrogen) atoms. The van der Waals surface area contributed by atoms with Gasteiger partial charge in [0.2, 0.25) is 0 Å². The van der Waals surface area contributed by atoms with Gasteiger partial charge in [-0.2, -0.15) is 0 Å². The summed E-state index contributed by atoms with van der Waals surface area (Å²) in [7, 11) is 0. The van der Waals surface area contributed by atoms with Crippen molar-refractivity contribution in [1.29, 1.82) is 0 Å². The molecule has 1 fully saturated rings. The van der Waals surface area contributed by atoms with Crippen molar-refractivity contribution in [3.63, 3.8) is 0 Å². The van der Waals surface area contributed by atoms with Gasteiger partial charge in [0.05, 0.1) is 12.2 Å². The Morgan fingerprint density at radius 2 is 1.95 bits per heavy atom. The van der Waals surface area contributed by atoms with Crippen molar-refractivity contribution < 1.29 is 4.74 Å². The van der Waals surface area contributed by atoms with Gasteiger partial charge in [-0.15, -0.1) is 0 Å². The minimum atomic E-state index is 0.119. The van der Waals surface area contributed by atoms with Crippen LogP contribution in [0.1, 0.15) is 45.3 Å². The van der Waals surface area contributed by atoms with Gasteiger partial charge in [-0.1, -0.05) is 48.0 Å². The van der Waals surface area contributed by atoms with Crippen LogP contribution in [0.15, 0.2) is 28.7 Å². The van der Waals surface area contributed by atoms with Gasteiger partial charge in [-0.05, 0) is 37.3 Å². The van der Waals surface area contributed by atoms with Crippen molar-refractivity contribution in [1.82, 2.24) is 5.32 Å². The molecule has 1 aliphatic carbocycles. The normalized spacial score (nSPS) is 18.6. The molecule has 0 saturated heterocycles. The van der Waals surface area contributed by atoms with E-state index in [0.717, 1.165) is 11.0 Å². The average molecular weight is 326 g/mol. The Hall–Kier alpha value is -0.380. The van der Waals surface area contributed by atoms with E-state index in [1.54, 1.807) is 0 Å². The average Bonchev–Trinajstić information content (AvgIpc) is 3.19. The number of benzene rings is 1.